The monoisotopic (exact) mass is 418 g/mol. The van der Waals surface area contributed by atoms with Gasteiger partial charge >= 0.3 is 0 Å². The van der Waals surface area contributed by atoms with E-state index in [9.17, 15) is 18.5 Å². The fourth-order valence-electron chi connectivity index (χ4n) is 2.84. The first kappa shape index (κ1) is 22.5. The first-order chi connectivity index (χ1) is 13.2. The number of nitrogens with zero attached hydrogens (tertiary/aromatic N) is 3. The lowest BCUT2D eigenvalue weighted by Crippen LogP contribution is -2.50. The van der Waals surface area contributed by atoms with E-state index in [0.717, 1.165) is 12.6 Å². The zero-order valence-electron chi connectivity index (χ0n) is 15.9. The normalized spacial score (nSPS) is 18.2. The van der Waals surface area contributed by atoms with Gasteiger partial charge in [-0.1, -0.05) is 0 Å². The highest BCUT2D eigenvalue weighted by Gasteiger charge is 2.29. The van der Waals surface area contributed by atoms with Crippen LogP contribution < -0.4 is 10.0 Å². The summed E-state index contributed by atoms with van der Waals surface area (Å²) in [5, 5.41) is 16.5. The Hall–Kier alpha value is -1.83. The summed E-state index contributed by atoms with van der Waals surface area (Å²) in [7, 11) is -0.757. The number of nitrogens with two attached hydrogens (primary N) is 1. The van der Waals surface area contributed by atoms with Gasteiger partial charge in [0.2, 0.25) is 10.0 Å². The smallest absolute Gasteiger partial charge is 0.293 e. The van der Waals surface area contributed by atoms with Crippen LogP contribution >= 0.6 is 0 Å². The number of primary sulfonamides is 1. The molecular weight excluding hydrogens is 392 g/mol. The van der Waals surface area contributed by atoms with Gasteiger partial charge in [-0.3, -0.25) is 15.0 Å². The highest BCUT2D eigenvalue weighted by molar-refractivity contribution is 7.89. The first-order valence-electron chi connectivity index (χ1n) is 8.68. The maximum atomic E-state index is 11.5. The molecule has 11 nitrogen and oxygen atoms in total. The van der Waals surface area contributed by atoms with Crippen LogP contribution in [0.1, 0.15) is 0 Å². The molecule has 1 aromatic rings. The summed E-state index contributed by atoms with van der Waals surface area (Å²) in [6, 6.07) is 3.58. The Balaban J connectivity index is 2.07. The second kappa shape index (κ2) is 10.1. The van der Waals surface area contributed by atoms with E-state index in [1.165, 1.54) is 12.1 Å². The van der Waals surface area contributed by atoms with E-state index in [-0.39, 0.29) is 16.3 Å². The van der Waals surface area contributed by atoms with Gasteiger partial charge in [-0.15, -0.1) is 0 Å². The van der Waals surface area contributed by atoms with Gasteiger partial charge in [-0.2, -0.15) is 0 Å². The number of ether oxygens (including phenoxy) is 3. The lowest BCUT2D eigenvalue weighted by atomic mass is 10.2. The Morgan fingerprint density at radius 3 is 2.79 bits per heavy atom. The van der Waals surface area contributed by atoms with E-state index in [1.807, 2.05) is 0 Å². The molecule has 1 aliphatic rings. The molecular formula is C16H26N4O7S. The topological polar surface area (TPSA) is 137 Å². The van der Waals surface area contributed by atoms with Gasteiger partial charge in [0.05, 0.1) is 36.2 Å². The van der Waals surface area contributed by atoms with Crippen LogP contribution in [0.15, 0.2) is 23.1 Å². The maximum Gasteiger partial charge on any atom is 0.293 e. The number of morpholine rings is 1. The minimum absolute atomic E-state index is 0.251. The van der Waals surface area contributed by atoms with Gasteiger partial charge < -0.3 is 19.1 Å². The molecule has 158 valence electrons. The fraction of sp³-hybridized carbons (Fsp3) is 0.625. The van der Waals surface area contributed by atoms with E-state index < -0.39 is 21.2 Å². The Morgan fingerprint density at radius 2 is 2.14 bits per heavy atom. The molecule has 0 spiro atoms. The van der Waals surface area contributed by atoms with Crippen molar-refractivity contribution in [2.45, 2.75) is 11.1 Å². The van der Waals surface area contributed by atoms with Crippen LogP contribution in [0.25, 0.3) is 0 Å². The number of hydrogen-bond acceptors (Lipinski definition) is 9. The van der Waals surface area contributed by atoms with Crippen LogP contribution in [0.5, 0.6) is 0 Å². The van der Waals surface area contributed by atoms with Crippen molar-refractivity contribution in [2.24, 2.45) is 5.14 Å². The third kappa shape index (κ3) is 6.09. The number of anilines is 1. The molecule has 2 N–H and O–H groups in total. The number of nitro benzene ring substituents is 1. The molecule has 1 aromatic carbocycles. The molecule has 2 rings (SSSR count). The minimum atomic E-state index is -4.04. The van der Waals surface area contributed by atoms with Crippen molar-refractivity contribution in [2.75, 3.05) is 65.1 Å². The molecule has 0 aromatic heterocycles. The van der Waals surface area contributed by atoms with Gasteiger partial charge in [0.15, 0.2) is 0 Å². The van der Waals surface area contributed by atoms with Crippen molar-refractivity contribution in [1.82, 2.24) is 4.90 Å². The molecule has 0 amide bonds. The van der Waals surface area contributed by atoms with Gasteiger partial charge in [-0.25, -0.2) is 13.6 Å². The predicted molar refractivity (Wildman–Crippen MR) is 102 cm³/mol. The summed E-state index contributed by atoms with van der Waals surface area (Å²) in [6.07, 6.45) is -0.424. The summed E-state index contributed by atoms with van der Waals surface area (Å²) < 4.78 is 39.1. The molecule has 1 aliphatic heterocycles. The molecule has 0 bridgehead atoms. The summed E-state index contributed by atoms with van der Waals surface area (Å²) in [5.41, 5.74) is -0.0989. The number of hydrogen-bond donors (Lipinski definition) is 1. The largest absolute Gasteiger partial charge is 0.382 e. The van der Waals surface area contributed by atoms with Crippen LogP contribution in [-0.2, 0) is 24.2 Å². The van der Waals surface area contributed by atoms with Gasteiger partial charge in [0.1, 0.15) is 11.9 Å². The maximum absolute atomic E-state index is 11.5. The number of benzene rings is 1. The third-order valence-corrected chi connectivity index (χ3v) is 5.31. The quantitative estimate of drug-likeness (QED) is 0.316. The van der Waals surface area contributed by atoms with E-state index in [2.05, 4.69) is 4.90 Å². The van der Waals surface area contributed by atoms with Crippen molar-refractivity contribution in [1.29, 1.82) is 0 Å². The Bertz CT molecular complexity index is 774. The Kier molecular flexibility index (Phi) is 8.10. The van der Waals surface area contributed by atoms with Crippen molar-refractivity contribution in [3.05, 3.63) is 28.3 Å². The zero-order chi connectivity index (χ0) is 20.7. The fourth-order valence-corrected chi connectivity index (χ4v) is 3.37. The van der Waals surface area contributed by atoms with Crippen molar-refractivity contribution >= 4 is 21.4 Å². The number of nitro groups is 1. The standard InChI is InChI=1S/C16H26N4O7S/c1-18(14-4-3-13(28(17,23)24)11-15(14)20(21)22)16-12-19(6-8-27-16)5-7-26-10-9-25-2/h3-4,11,16H,5-10,12H2,1-2H3,(H2,17,23,24). The lowest BCUT2D eigenvalue weighted by molar-refractivity contribution is -0.384. The molecule has 0 saturated carbocycles. The zero-order valence-corrected chi connectivity index (χ0v) is 16.8. The Morgan fingerprint density at radius 1 is 1.39 bits per heavy atom. The average Bonchev–Trinajstić information content (AvgIpc) is 2.66. The van der Waals surface area contributed by atoms with Gasteiger partial charge in [-0.05, 0) is 12.1 Å². The number of methoxy groups -OCH3 is 1. The van der Waals surface area contributed by atoms with Crippen LogP contribution in [0, 0.1) is 10.1 Å². The second-order valence-electron chi connectivity index (χ2n) is 6.29. The molecule has 1 fully saturated rings. The molecule has 0 aliphatic carbocycles. The number of rotatable bonds is 10. The van der Waals surface area contributed by atoms with E-state index >= 15 is 0 Å². The highest BCUT2D eigenvalue weighted by atomic mass is 32.2. The third-order valence-electron chi connectivity index (χ3n) is 4.40. The molecule has 28 heavy (non-hydrogen) atoms. The van der Waals surface area contributed by atoms with Gasteiger partial charge in [0, 0.05) is 39.9 Å². The highest BCUT2D eigenvalue weighted by Crippen LogP contribution is 2.31. The number of likely N-dealkylation sites (N-methyl/N-ethyl adjacent to an activating group) is 1. The summed E-state index contributed by atoms with van der Waals surface area (Å²) >= 11 is 0. The van der Waals surface area contributed by atoms with Crippen molar-refractivity contribution in [3.63, 3.8) is 0 Å². The second-order valence-corrected chi connectivity index (χ2v) is 7.86. The molecule has 12 heteroatoms. The Labute approximate surface area is 164 Å². The van der Waals surface area contributed by atoms with Gasteiger partial charge in [0.25, 0.3) is 5.69 Å². The van der Waals surface area contributed by atoms with Crippen molar-refractivity contribution in [3.8, 4) is 0 Å². The molecule has 1 atom stereocenters. The van der Waals surface area contributed by atoms with Crippen LogP contribution in [0.4, 0.5) is 11.4 Å². The average molecular weight is 418 g/mol. The van der Waals surface area contributed by atoms with E-state index in [4.69, 9.17) is 19.3 Å². The van der Waals surface area contributed by atoms with E-state index in [1.54, 1.807) is 19.1 Å². The molecule has 0 radical (unpaired) electrons. The van der Waals surface area contributed by atoms with Crippen LogP contribution in [0.3, 0.4) is 0 Å². The summed E-state index contributed by atoms with van der Waals surface area (Å²) in [6.45, 7) is 4.02. The number of sulfonamides is 1. The predicted octanol–water partition coefficient (Wildman–Crippen LogP) is -0.000300. The molecule has 1 unspecified atom stereocenters. The van der Waals surface area contributed by atoms with Crippen LogP contribution in [-0.4, -0.2) is 84.7 Å². The minimum Gasteiger partial charge on any atom is -0.382 e. The SMILES string of the molecule is COCCOCCN1CCOC(N(C)c2ccc(S(N)(=O)=O)cc2[N+](=O)[O-])C1. The molecule has 1 saturated heterocycles. The first-order valence-corrected chi connectivity index (χ1v) is 10.2. The van der Waals surface area contributed by atoms with Crippen LogP contribution in [0.2, 0.25) is 0 Å². The summed E-state index contributed by atoms with van der Waals surface area (Å²) in [5.74, 6) is 0. The van der Waals surface area contributed by atoms with E-state index in [0.29, 0.717) is 39.5 Å². The lowest BCUT2D eigenvalue weighted by Gasteiger charge is -2.38. The summed E-state index contributed by atoms with van der Waals surface area (Å²) in [4.78, 5) is 14.3. The molecule has 1 heterocycles. The van der Waals surface area contributed by atoms with Crippen molar-refractivity contribution < 1.29 is 27.6 Å².